The quantitative estimate of drug-likeness (QED) is 0.435. The van der Waals surface area contributed by atoms with Gasteiger partial charge in [-0.2, -0.15) is 18.3 Å². The van der Waals surface area contributed by atoms with Gasteiger partial charge in [0.2, 0.25) is 11.9 Å². The fourth-order valence-corrected chi connectivity index (χ4v) is 3.30. The molecule has 180 valence electrons. The fourth-order valence-electron chi connectivity index (χ4n) is 3.30. The van der Waals surface area contributed by atoms with Crippen LogP contribution in [0.15, 0.2) is 23.4 Å². The minimum Gasteiger partial charge on any atom is -0.379 e. The van der Waals surface area contributed by atoms with Gasteiger partial charge in [0.15, 0.2) is 5.82 Å². The Balaban J connectivity index is 1.39. The van der Waals surface area contributed by atoms with Crippen LogP contribution in [0.4, 0.5) is 29.2 Å². The molecule has 2 N–H and O–H groups in total. The molecule has 0 radical (unpaired) electrons. The maximum Gasteiger partial charge on any atom is 0.423 e. The zero-order valence-corrected chi connectivity index (χ0v) is 17.7. The van der Waals surface area contributed by atoms with Crippen LogP contribution < -0.4 is 15.8 Å². The van der Waals surface area contributed by atoms with Crippen molar-refractivity contribution in [2.24, 2.45) is 0 Å². The number of nitrogens with one attached hydrogen (secondary N) is 2. The highest BCUT2D eigenvalue weighted by molar-refractivity contribution is 5.76. The molecule has 0 spiro atoms. The number of aromatic amines is 1. The summed E-state index contributed by atoms with van der Waals surface area (Å²) in [5.41, 5.74) is -3.14. The van der Waals surface area contributed by atoms with E-state index in [4.69, 9.17) is 4.74 Å². The number of hydrogen-bond donors (Lipinski definition) is 2. The lowest BCUT2D eigenvalue weighted by atomic mass is 10.2. The molecule has 0 aliphatic carbocycles. The summed E-state index contributed by atoms with van der Waals surface area (Å²) in [6, 6.07) is -0.566. The largest absolute Gasteiger partial charge is 0.423 e. The molecule has 10 nitrogen and oxygen atoms in total. The van der Waals surface area contributed by atoms with Crippen molar-refractivity contribution in [2.75, 3.05) is 49.6 Å². The first-order valence-electron chi connectivity index (χ1n) is 10.1. The van der Waals surface area contributed by atoms with Crippen molar-refractivity contribution in [2.45, 2.75) is 25.6 Å². The molecule has 0 aromatic carbocycles. The van der Waals surface area contributed by atoms with Crippen molar-refractivity contribution in [1.29, 1.82) is 0 Å². The second-order valence-corrected chi connectivity index (χ2v) is 7.42. The number of carbonyl (C=O) groups excluding carboxylic acids is 1. The number of carbonyl (C=O) groups is 1. The number of nitrogens with zero attached hydrogens (tertiary/aromatic N) is 5. The van der Waals surface area contributed by atoms with Crippen molar-refractivity contribution in [1.82, 2.24) is 25.1 Å². The molecule has 1 fully saturated rings. The Morgan fingerprint density at radius 2 is 1.88 bits per heavy atom. The van der Waals surface area contributed by atoms with E-state index in [0.29, 0.717) is 32.1 Å². The van der Waals surface area contributed by atoms with E-state index >= 15 is 0 Å². The summed E-state index contributed by atoms with van der Waals surface area (Å²) in [7, 11) is 0. The number of H-pyrrole nitrogens is 1. The van der Waals surface area contributed by atoms with E-state index in [2.05, 4.69) is 20.4 Å². The van der Waals surface area contributed by atoms with Gasteiger partial charge < -0.3 is 19.9 Å². The zero-order valence-electron chi connectivity index (χ0n) is 17.7. The Morgan fingerprint density at radius 3 is 2.52 bits per heavy atom. The lowest BCUT2D eigenvalue weighted by molar-refractivity contribution is -0.138. The van der Waals surface area contributed by atoms with Crippen LogP contribution in [0.3, 0.4) is 0 Å². The predicted octanol–water partition coefficient (Wildman–Crippen LogP) is 1.27. The van der Waals surface area contributed by atoms with Crippen molar-refractivity contribution in [3.63, 3.8) is 0 Å². The Hall–Kier alpha value is -3.29. The van der Waals surface area contributed by atoms with Gasteiger partial charge in [0.1, 0.15) is 5.56 Å². The number of alkyl halides is 3. The molecule has 2 aromatic heterocycles. The minimum absolute atomic E-state index is 0.0209. The number of piperazine rings is 1. The van der Waals surface area contributed by atoms with E-state index in [9.17, 15) is 27.2 Å². The molecule has 0 unspecified atom stereocenters. The molecular weight excluding hydrogens is 450 g/mol. The summed E-state index contributed by atoms with van der Waals surface area (Å²) in [6.45, 7) is 3.61. The van der Waals surface area contributed by atoms with E-state index < -0.39 is 34.8 Å². The van der Waals surface area contributed by atoms with E-state index in [0.717, 1.165) is 18.6 Å². The third kappa shape index (κ3) is 6.60. The van der Waals surface area contributed by atoms with Crippen LogP contribution in [0, 0.1) is 5.82 Å². The molecule has 14 heteroatoms. The van der Waals surface area contributed by atoms with Crippen LogP contribution in [0.2, 0.25) is 0 Å². The Labute approximate surface area is 186 Å². The lowest BCUT2D eigenvalue weighted by Crippen LogP contribution is -2.49. The van der Waals surface area contributed by atoms with E-state index in [1.807, 2.05) is 4.90 Å². The third-order valence-corrected chi connectivity index (χ3v) is 4.89. The number of ether oxygens (including phenoxy) is 1. The second-order valence-electron chi connectivity index (χ2n) is 7.42. The summed E-state index contributed by atoms with van der Waals surface area (Å²) < 4.78 is 57.6. The van der Waals surface area contributed by atoms with Crippen molar-refractivity contribution in [3.8, 4) is 0 Å². The lowest BCUT2D eigenvalue weighted by Gasteiger charge is -2.34. The number of anilines is 2. The minimum atomic E-state index is -4.83. The predicted molar refractivity (Wildman–Crippen MR) is 109 cm³/mol. The van der Waals surface area contributed by atoms with Crippen LogP contribution in [-0.2, 0) is 15.7 Å². The van der Waals surface area contributed by atoms with Gasteiger partial charge in [-0.3, -0.25) is 9.59 Å². The van der Waals surface area contributed by atoms with Crippen molar-refractivity contribution >= 4 is 17.5 Å². The molecule has 1 aliphatic heterocycles. The summed E-state index contributed by atoms with van der Waals surface area (Å²) in [5, 5.41) is 7.73. The Kier molecular flexibility index (Phi) is 7.79. The van der Waals surface area contributed by atoms with Gasteiger partial charge in [0, 0.05) is 32.2 Å². The molecule has 2 aromatic rings. The molecular formula is C19H23F4N7O3. The van der Waals surface area contributed by atoms with E-state index in [1.54, 1.807) is 16.9 Å². The topological polar surface area (TPSA) is 116 Å². The number of aromatic nitrogens is 4. The average Bonchev–Trinajstić information content (AvgIpc) is 2.76. The monoisotopic (exact) mass is 473 g/mol. The van der Waals surface area contributed by atoms with Gasteiger partial charge in [-0.1, -0.05) is 0 Å². The van der Waals surface area contributed by atoms with Gasteiger partial charge in [-0.25, -0.2) is 19.5 Å². The molecule has 1 atom stereocenters. The first-order valence-corrected chi connectivity index (χ1v) is 10.1. The summed E-state index contributed by atoms with van der Waals surface area (Å²) in [6.07, 6.45) is -1.66. The smallest absolute Gasteiger partial charge is 0.379 e. The van der Waals surface area contributed by atoms with Crippen LogP contribution in [-0.4, -0.2) is 76.4 Å². The molecule has 3 rings (SSSR count). The zero-order chi connectivity index (χ0) is 24.0. The molecule has 1 aliphatic rings. The second kappa shape index (κ2) is 10.6. The highest BCUT2D eigenvalue weighted by Gasteiger charge is 2.37. The van der Waals surface area contributed by atoms with Crippen LogP contribution >= 0.6 is 0 Å². The third-order valence-electron chi connectivity index (χ3n) is 4.89. The average molecular weight is 473 g/mol. The summed E-state index contributed by atoms with van der Waals surface area (Å²) >= 11 is 0. The van der Waals surface area contributed by atoms with Crippen molar-refractivity contribution < 1.29 is 27.1 Å². The van der Waals surface area contributed by atoms with Gasteiger partial charge in [0.25, 0.3) is 5.56 Å². The maximum absolute atomic E-state index is 13.1. The van der Waals surface area contributed by atoms with Gasteiger partial charge in [0.05, 0.1) is 43.9 Å². The van der Waals surface area contributed by atoms with E-state index in [-0.39, 0.29) is 25.5 Å². The first kappa shape index (κ1) is 24.4. The van der Waals surface area contributed by atoms with Crippen molar-refractivity contribution in [3.05, 3.63) is 40.3 Å². The first-order chi connectivity index (χ1) is 15.6. The van der Waals surface area contributed by atoms with Gasteiger partial charge in [-0.15, -0.1) is 0 Å². The molecule has 0 bridgehead atoms. The standard InChI is InChI=1S/C19H23F4N7O3/c1-12(27-14-10-26-28-17(32)16(14)19(21,22)23)11-33-7-2-15(31)29-3-5-30(6-4-29)18-24-8-13(20)9-25-18/h8-10,12H,2-7,11H2,1H3,(H2,27,28,32)/t12-/m0/s1. The molecule has 33 heavy (non-hydrogen) atoms. The summed E-state index contributed by atoms with van der Waals surface area (Å²) in [4.78, 5) is 35.2. The summed E-state index contributed by atoms with van der Waals surface area (Å²) in [5.74, 6) is -0.238. The highest BCUT2D eigenvalue weighted by Crippen LogP contribution is 2.31. The SMILES string of the molecule is C[C@@H](COCCC(=O)N1CCN(c2ncc(F)cn2)CC1)Nc1cn[nH]c(=O)c1C(F)(F)F. The molecule has 1 saturated heterocycles. The van der Waals surface area contributed by atoms with Gasteiger partial charge >= 0.3 is 6.18 Å². The molecule has 3 heterocycles. The van der Waals surface area contributed by atoms with Crippen LogP contribution in [0.25, 0.3) is 0 Å². The number of halogens is 4. The number of rotatable bonds is 8. The molecule has 1 amide bonds. The van der Waals surface area contributed by atoms with Crippen LogP contribution in [0.5, 0.6) is 0 Å². The Morgan fingerprint density at radius 1 is 1.21 bits per heavy atom. The number of hydrogen-bond acceptors (Lipinski definition) is 8. The highest BCUT2D eigenvalue weighted by atomic mass is 19.4. The fraction of sp³-hybridized carbons (Fsp3) is 0.526. The van der Waals surface area contributed by atoms with Crippen LogP contribution in [0.1, 0.15) is 18.9 Å². The van der Waals surface area contributed by atoms with E-state index in [1.165, 1.54) is 0 Å². The Bertz CT molecular complexity index is 992. The van der Waals surface area contributed by atoms with Gasteiger partial charge in [-0.05, 0) is 6.92 Å². The normalized spacial score (nSPS) is 15.4. The number of amides is 1. The molecule has 0 saturated carbocycles. The maximum atomic E-state index is 13.1.